The lowest BCUT2D eigenvalue weighted by Crippen LogP contribution is -2.18. The van der Waals surface area contributed by atoms with E-state index in [1.807, 2.05) is 0 Å². The summed E-state index contributed by atoms with van der Waals surface area (Å²) in [5.41, 5.74) is 5.79. The molecule has 0 aliphatic heterocycles. The topological polar surface area (TPSA) is 89.3 Å². The van der Waals surface area contributed by atoms with Gasteiger partial charge in [-0.25, -0.2) is 13.1 Å². The fourth-order valence-corrected chi connectivity index (χ4v) is 2.05. The third kappa shape index (κ3) is 3.32. The number of primary amides is 1. The second-order valence-corrected chi connectivity index (χ2v) is 5.21. The Bertz CT molecular complexity index is 483. The standard InChI is InChI=1S/C10H14N2O3S/c1-12-16(14,15)9-4-2-3-8(7-9)5-6-10(11)13/h2-4,7,12H,5-6H2,1H3,(H2,11,13). The predicted octanol–water partition coefficient (Wildman–Crippen LogP) is 0.0126. The Labute approximate surface area is 94.7 Å². The quantitative estimate of drug-likeness (QED) is 0.762. The van der Waals surface area contributed by atoms with Crippen molar-refractivity contribution in [1.29, 1.82) is 0 Å². The SMILES string of the molecule is CNS(=O)(=O)c1cccc(CCC(N)=O)c1. The normalized spacial score (nSPS) is 11.3. The number of hydrogen-bond acceptors (Lipinski definition) is 3. The maximum Gasteiger partial charge on any atom is 0.240 e. The molecule has 16 heavy (non-hydrogen) atoms. The number of carbonyl (C=O) groups is 1. The summed E-state index contributed by atoms with van der Waals surface area (Å²) in [6.07, 6.45) is 0.658. The highest BCUT2D eigenvalue weighted by Crippen LogP contribution is 2.12. The molecule has 0 radical (unpaired) electrons. The Kier molecular flexibility index (Phi) is 4.03. The number of carbonyl (C=O) groups excluding carboxylic acids is 1. The summed E-state index contributed by atoms with van der Waals surface area (Å²) in [5.74, 6) is -0.401. The molecule has 3 N–H and O–H groups in total. The van der Waals surface area contributed by atoms with Gasteiger partial charge in [-0.1, -0.05) is 12.1 Å². The molecule has 0 heterocycles. The van der Waals surface area contributed by atoms with E-state index in [2.05, 4.69) is 4.72 Å². The first kappa shape index (κ1) is 12.7. The number of nitrogens with one attached hydrogen (secondary N) is 1. The fourth-order valence-electron chi connectivity index (χ4n) is 1.25. The number of rotatable bonds is 5. The van der Waals surface area contributed by atoms with E-state index < -0.39 is 15.9 Å². The van der Waals surface area contributed by atoms with Gasteiger partial charge in [-0.05, 0) is 31.2 Å². The summed E-state index contributed by atoms with van der Waals surface area (Å²) in [4.78, 5) is 10.8. The van der Waals surface area contributed by atoms with Gasteiger partial charge in [0.25, 0.3) is 0 Å². The monoisotopic (exact) mass is 242 g/mol. The smallest absolute Gasteiger partial charge is 0.240 e. The molecule has 0 unspecified atom stereocenters. The molecule has 0 spiro atoms. The number of sulfonamides is 1. The van der Waals surface area contributed by atoms with Crippen LogP contribution in [0.5, 0.6) is 0 Å². The average Bonchev–Trinajstić information content (AvgIpc) is 2.27. The molecule has 1 aromatic rings. The molecule has 6 heteroatoms. The molecule has 0 fully saturated rings. The summed E-state index contributed by atoms with van der Waals surface area (Å²) < 4.78 is 25.2. The molecule has 0 aliphatic carbocycles. The third-order valence-corrected chi connectivity index (χ3v) is 3.55. The number of hydrogen-bond donors (Lipinski definition) is 2. The largest absolute Gasteiger partial charge is 0.370 e. The number of amides is 1. The van der Waals surface area contributed by atoms with Crippen LogP contribution in [-0.2, 0) is 21.2 Å². The molecule has 0 aromatic heterocycles. The van der Waals surface area contributed by atoms with E-state index in [-0.39, 0.29) is 11.3 Å². The lowest BCUT2D eigenvalue weighted by Gasteiger charge is -2.04. The van der Waals surface area contributed by atoms with Crippen LogP contribution in [0.4, 0.5) is 0 Å². The molecule has 88 valence electrons. The van der Waals surface area contributed by atoms with Crippen molar-refractivity contribution in [2.24, 2.45) is 5.73 Å². The summed E-state index contributed by atoms with van der Waals surface area (Å²) >= 11 is 0. The first-order valence-corrected chi connectivity index (χ1v) is 6.25. The molecule has 0 saturated carbocycles. The fraction of sp³-hybridized carbons (Fsp3) is 0.300. The van der Waals surface area contributed by atoms with Crippen LogP contribution in [0.25, 0.3) is 0 Å². The second-order valence-electron chi connectivity index (χ2n) is 3.32. The van der Waals surface area contributed by atoms with E-state index in [4.69, 9.17) is 5.73 Å². The lowest BCUT2D eigenvalue weighted by atomic mass is 10.1. The van der Waals surface area contributed by atoms with Crippen LogP contribution in [0.15, 0.2) is 29.2 Å². The minimum atomic E-state index is -3.43. The van der Waals surface area contributed by atoms with Crippen molar-refractivity contribution in [1.82, 2.24) is 4.72 Å². The van der Waals surface area contributed by atoms with Gasteiger partial charge in [-0.15, -0.1) is 0 Å². The number of benzene rings is 1. The predicted molar refractivity (Wildman–Crippen MR) is 60.2 cm³/mol. The van der Waals surface area contributed by atoms with E-state index in [0.29, 0.717) is 6.42 Å². The Hall–Kier alpha value is -1.40. The average molecular weight is 242 g/mol. The zero-order valence-corrected chi connectivity index (χ0v) is 9.75. The van der Waals surface area contributed by atoms with Crippen molar-refractivity contribution in [3.8, 4) is 0 Å². The van der Waals surface area contributed by atoms with E-state index in [0.717, 1.165) is 5.56 Å². The maximum absolute atomic E-state index is 11.5. The van der Waals surface area contributed by atoms with Crippen LogP contribution >= 0.6 is 0 Å². The van der Waals surface area contributed by atoms with Crippen molar-refractivity contribution in [3.63, 3.8) is 0 Å². The highest BCUT2D eigenvalue weighted by atomic mass is 32.2. The third-order valence-electron chi connectivity index (χ3n) is 2.14. The summed E-state index contributed by atoms with van der Waals surface area (Å²) in [5, 5.41) is 0. The van der Waals surface area contributed by atoms with Gasteiger partial charge in [0.1, 0.15) is 0 Å². The number of aryl methyl sites for hydroxylation is 1. The van der Waals surface area contributed by atoms with Crippen LogP contribution in [0.1, 0.15) is 12.0 Å². The molecule has 0 saturated heterocycles. The lowest BCUT2D eigenvalue weighted by molar-refractivity contribution is -0.117. The van der Waals surface area contributed by atoms with E-state index in [9.17, 15) is 13.2 Å². The molecule has 1 aromatic carbocycles. The maximum atomic E-state index is 11.5. The van der Waals surface area contributed by atoms with E-state index in [1.54, 1.807) is 12.1 Å². The van der Waals surface area contributed by atoms with Crippen LogP contribution in [0, 0.1) is 0 Å². The van der Waals surface area contributed by atoms with Gasteiger partial charge in [-0.3, -0.25) is 4.79 Å². The Morgan fingerprint density at radius 3 is 2.69 bits per heavy atom. The summed E-state index contributed by atoms with van der Waals surface area (Å²) in [6, 6.07) is 6.44. The van der Waals surface area contributed by atoms with Crippen LogP contribution < -0.4 is 10.5 Å². The van der Waals surface area contributed by atoms with Gasteiger partial charge in [0.15, 0.2) is 0 Å². The minimum absolute atomic E-state index is 0.192. The van der Waals surface area contributed by atoms with Gasteiger partial charge in [0.05, 0.1) is 4.90 Å². The molecular formula is C10H14N2O3S. The van der Waals surface area contributed by atoms with Gasteiger partial charge in [0.2, 0.25) is 15.9 Å². The van der Waals surface area contributed by atoms with Crippen molar-refractivity contribution in [2.75, 3.05) is 7.05 Å². The molecule has 0 aliphatic rings. The van der Waals surface area contributed by atoms with Crippen molar-refractivity contribution >= 4 is 15.9 Å². The molecule has 0 bridgehead atoms. The van der Waals surface area contributed by atoms with Crippen molar-refractivity contribution in [2.45, 2.75) is 17.7 Å². The highest BCUT2D eigenvalue weighted by molar-refractivity contribution is 7.89. The van der Waals surface area contributed by atoms with E-state index >= 15 is 0 Å². The number of nitrogens with two attached hydrogens (primary N) is 1. The van der Waals surface area contributed by atoms with Gasteiger partial charge < -0.3 is 5.73 Å². The van der Waals surface area contributed by atoms with Crippen molar-refractivity contribution in [3.05, 3.63) is 29.8 Å². The molecule has 0 atom stereocenters. The molecular weight excluding hydrogens is 228 g/mol. The summed E-state index contributed by atoms with van der Waals surface area (Å²) in [6.45, 7) is 0. The molecule has 1 amide bonds. The second kappa shape index (κ2) is 5.09. The zero-order valence-electron chi connectivity index (χ0n) is 8.93. The first-order valence-electron chi connectivity index (χ1n) is 4.76. The zero-order chi connectivity index (χ0) is 12.2. The highest BCUT2D eigenvalue weighted by Gasteiger charge is 2.11. The Morgan fingerprint density at radius 1 is 1.44 bits per heavy atom. The van der Waals surface area contributed by atoms with E-state index in [1.165, 1.54) is 19.2 Å². The van der Waals surface area contributed by atoms with Crippen molar-refractivity contribution < 1.29 is 13.2 Å². The molecule has 1 rings (SSSR count). The Balaban J connectivity index is 2.91. The van der Waals surface area contributed by atoms with Crippen LogP contribution in [0.3, 0.4) is 0 Å². The minimum Gasteiger partial charge on any atom is -0.370 e. The van der Waals surface area contributed by atoms with Gasteiger partial charge >= 0.3 is 0 Å². The van der Waals surface area contributed by atoms with Crippen LogP contribution in [0.2, 0.25) is 0 Å². The Morgan fingerprint density at radius 2 is 2.12 bits per heavy atom. The van der Waals surface area contributed by atoms with Gasteiger partial charge in [-0.2, -0.15) is 0 Å². The summed E-state index contributed by atoms with van der Waals surface area (Å²) in [7, 11) is -2.07. The van der Waals surface area contributed by atoms with Gasteiger partial charge in [0, 0.05) is 6.42 Å². The van der Waals surface area contributed by atoms with Crippen LogP contribution in [-0.4, -0.2) is 21.4 Å². The molecule has 5 nitrogen and oxygen atoms in total. The first-order chi connectivity index (χ1) is 7.45.